The topological polar surface area (TPSA) is 54.3 Å². The molecule has 1 aromatic heterocycles. The van der Waals surface area contributed by atoms with Crippen LogP contribution in [-0.2, 0) is 13.0 Å². The lowest BCUT2D eigenvalue weighted by atomic mass is 9.96. The Morgan fingerprint density at radius 2 is 2.20 bits per heavy atom. The van der Waals surface area contributed by atoms with Gasteiger partial charge in [-0.2, -0.15) is 0 Å². The van der Waals surface area contributed by atoms with Crippen LogP contribution in [0.1, 0.15) is 27.2 Å². The number of fused-ring (bicyclic) bond motifs is 1. The monoisotopic (exact) mass is 270 g/mol. The van der Waals surface area contributed by atoms with Gasteiger partial charge in [0.25, 0.3) is 5.91 Å². The molecule has 4 heteroatoms. The van der Waals surface area contributed by atoms with Crippen molar-refractivity contribution in [2.75, 3.05) is 6.54 Å². The summed E-state index contributed by atoms with van der Waals surface area (Å²) in [6, 6.07) is 10.4. The Kier molecular flexibility index (Phi) is 3.56. The van der Waals surface area contributed by atoms with Crippen molar-refractivity contribution in [1.82, 2.24) is 10.6 Å². The first-order valence-electron chi connectivity index (χ1n) is 6.86. The van der Waals surface area contributed by atoms with E-state index >= 15 is 0 Å². The molecule has 1 aliphatic rings. The van der Waals surface area contributed by atoms with Crippen LogP contribution in [-0.4, -0.2) is 18.5 Å². The molecule has 2 aromatic rings. The largest absolute Gasteiger partial charge is 0.459 e. The molecule has 0 saturated heterocycles. The third-order valence-corrected chi connectivity index (χ3v) is 3.63. The van der Waals surface area contributed by atoms with Gasteiger partial charge in [0.15, 0.2) is 5.76 Å². The third kappa shape index (κ3) is 2.75. The molecule has 0 fully saturated rings. The molecule has 1 amide bonds. The van der Waals surface area contributed by atoms with Crippen molar-refractivity contribution in [2.45, 2.75) is 25.9 Å². The van der Waals surface area contributed by atoms with Crippen molar-refractivity contribution in [3.05, 3.63) is 59.0 Å². The van der Waals surface area contributed by atoms with Crippen molar-refractivity contribution in [3.63, 3.8) is 0 Å². The maximum Gasteiger partial charge on any atom is 0.287 e. The van der Waals surface area contributed by atoms with Crippen molar-refractivity contribution in [1.29, 1.82) is 0 Å². The Morgan fingerprint density at radius 3 is 2.95 bits per heavy atom. The van der Waals surface area contributed by atoms with Gasteiger partial charge in [0.2, 0.25) is 0 Å². The van der Waals surface area contributed by atoms with Crippen molar-refractivity contribution < 1.29 is 9.21 Å². The molecule has 2 heterocycles. The highest BCUT2D eigenvalue weighted by molar-refractivity contribution is 5.91. The average Bonchev–Trinajstić information content (AvgIpc) is 2.91. The van der Waals surface area contributed by atoms with Gasteiger partial charge >= 0.3 is 0 Å². The highest BCUT2D eigenvalue weighted by Gasteiger charge is 2.18. The number of hydrogen-bond donors (Lipinski definition) is 2. The highest BCUT2D eigenvalue weighted by Crippen LogP contribution is 2.16. The quantitative estimate of drug-likeness (QED) is 0.897. The summed E-state index contributed by atoms with van der Waals surface area (Å²) in [7, 11) is 0. The van der Waals surface area contributed by atoms with Crippen LogP contribution in [0, 0.1) is 6.92 Å². The van der Waals surface area contributed by atoms with Crippen LogP contribution in [0.4, 0.5) is 0 Å². The van der Waals surface area contributed by atoms with E-state index in [2.05, 4.69) is 34.9 Å². The number of nitrogens with one attached hydrogen (secondary N) is 2. The zero-order chi connectivity index (χ0) is 13.9. The summed E-state index contributed by atoms with van der Waals surface area (Å²) >= 11 is 0. The lowest BCUT2D eigenvalue weighted by molar-refractivity contribution is 0.0921. The summed E-state index contributed by atoms with van der Waals surface area (Å²) in [6.45, 7) is 3.36. The number of carbonyl (C=O) groups is 1. The molecule has 4 nitrogen and oxygen atoms in total. The van der Waals surface area contributed by atoms with Crippen LogP contribution in [0.15, 0.2) is 41.0 Å². The number of carbonyl (C=O) groups excluding carboxylic acids is 1. The van der Waals surface area contributed by atoms with Crippen LogP contribution in [0.25, 0.3) is 0 Å². The normalized spacial score (nSPS) is 17.6. The molecule has 20 heavy (non-hydrogen) atoms. The minimum atomic E-state index is -0.154. The summed E-state index contributed by atoms with van der Waals surface area (Å²) in [5, 5.41) is 6.36. The second-order valence-electron chi connectivity index (χ2n) is 5.25. The molecule has 2 N–H and O–H groups in total. The van der Waals surface area contributed by atoms with Crippen LogP contribution in [0.3, 0.4) is 0 Å². The Balaban J connectivity index is 1.56. The molecule has 1 aliphatic heterocycles. The third-order valence-electron chi connectivity index (χ3n) is 3.63. The molecule has 0 aliphatic carbocycles. The number of hydrogen-bond acceptors (Lipinski definition) is 3. The van der Waals surface area contributed by atoms with Crippen molar-refractivity contribution in [2.24, 2.45) is 0 Å². The fraction of sp³-hybridized carbons (Fsp3) is 0.312. The molecule has 1 unspecified atom stereocenters. The zero-order valence-corrected chi connectivity index (χ0v) is 11.5. The highest BCUT2D eigenvalue weighted by atomic mass is 16.3. The lowest BCUT2D eigenvalue weighted by Gasteiger charge is -2.26. The summed E-state index contributed by atoms with van der Waals surface area (Å²) in [5.74, 6) is 0.220. The van der Waals surface area contributed by atoms with E-state index in [1.807, 2.05) is 6.92 Å². The van der Waals surface area contributed by atoms with Gasteiger partial charge in [0, 0.05) is 19.1 Å². The number of furan rings is 1. The molecule has 1 aromatic carbocycles. The molecule has 0 radical (unpaired) electrons. The molecule has 3 rings (SSSR count). The van der Waals surface area contributed by atoms with Crippen molar-refractivity contribution >= 4 is 5.91 Å². The SMILES string of the molecule is Cc1coc(C(=O)NCC2Cc3ccccc3CN2)c1. The minimum absolute atomic E-state index is 0.154. The number of rotatable bonds is 3. The van der Waals surface area contributed by atoms with Gasteiger partial charge in [-0.1, -0.05) is 24.3 Å². The summed E-state index contributed by atoms with van der Waals surface area (Å²) in [6.07, 6.45) is 2.53. The predicted octanol–water partition coefficient (Wildman–Crippen LogP) is 2.03. The van der Waals surface area contributed by atoms with Crippen LogP contribution in [0.5, 0.6) is 0 Å². The standard InChI is InChI=1S/C16H18N2O2/c1-11-6-15(20-10-11)16(19)18-9-14-7-12-4-2-3-5-13(12)8-17-14/h2-6,10,14,17H,7-9H2,1H3,(H,18,19). The Bertz CT molecular complexity index is 618. The van der Waals surface area contributed by atoms with E-state index in [-0.39, 0.29) is 11.9 Å². The smallest absolute Gasteiger partial charge is 0.287 e. The summed E-state index contributed by atoms with van der Waals surface area (Å²) in [5.41, 5.74) is 3.66. The van der Waals surface area contributed by atoms with E-state index in [0.717, 1.165) is 18.5 Å². The van der Waals surface area contributed by atoms with Gasteiger partial charge in [0.05, 0.1) is 6.26 Å². The maximum atomic E-state index is 11.9. The summed E-state index contributed by atoms with van der Waals surface area (Å²) in [4.78, 5) is 11.9. The average molecular weight is 270 g/mol. The van der Waals surface area contributed by atoms with Crippen LogP contribution >= 0.6 is 0 Å². The molecule has 0 spiro atoms. The van der Waals surface area contributed by atoms with E-state index < -0.39 is 0 Å². The lowest BCUT2D eigenvalue weighted by Crippen LogP contribution is -2.44. The first-order valence-corrected chi connectivity index (χ1v) is 6.86. The van der Waals surface area contributed by atoms with E-state index in [9.17, 15) is 4.79 Å². The first-order chi connectivity index (χ1) is 9.72. The van der Waals surface area contributed by atoms with Crippen LogP contribution in [0.2, 0.25) is 0 Å². The second kappa shape index (κ2) is 5.51. The molecule has 104 valence electrons. The molecule has 1 atom stereocenters. The summed E-state index contributed by atoms with van der Waals surface area (Å²) < 4.78 is 5.19. The maximum absolute atomic E-state index is 11.9. The molecule has 0 bridgehead atoms. The van der Waals surface area contributed by atoms with Gasteiger partial charge < -0.3 is 15.1 Å². The van der Waals surface area contributed by atoms with Crippen LogP contribution < -0.4 is 10.6 Å². The fourth-order valence-electron chi connectivity index (χ4n) is 2.52. The minimum Gasteiger partial charge on any atom is -0.459 e. The molecular formula is C16H18N2O2. The van der Waals surface area contributed by atoms with Gasteiger partial charge in [0.1, 0.15) is 0 Å². The van der Waals surface area contributed by atoms with Gasteiger partial charge in [-0.05, 0) is 36.1 Å². The van der Waals surface area contributed by atoms with Gasteiger partial charge in [-0.25, -0.2) is 0 Å². The Morgan fingerprint density at radius 1 is 1.40 bits per heavy atom. The number of aryl methyl sites for hydroxylation is 1. The van der Waals surface area contributed by atoms with Gasteiger partial charge in [-0.15, -0.1) is 0 Å². The van der Waals surface area contributed by atoms with Gasteiger partial charge in [-0.3, -0.25) is 4.79 Å². The number of amides is 1. The predicted molar refractivity (Wildman–Crippen MR) is 76.6 cm³/mol. The van der Waals surface area contributed by atoms with Crippen molar-refractivity contribution in [3.8, 4) is 0 Å². The Hall–Kier alpha value is -2.07. The zero-order valence-electron chi connectivity index (χ0n) is 11.5. The van der Waals surface area contributed by atoms with E-state index in [1.165, 1.54) is 11.1 Å². The number of benzene rings is 1. The Labute approximate surface area is 118 Å². The van der Waals surface area contributed by atoms with E-state index in [4.69, 9.17) is 4.42 Å². The fourth-order valence-corrected chi connectivity index (χ4v) is 2.52. The van der Waals surface area contributed by atoms with E-state index in [0.29, 0.717) is 12.3 Å². The molecular weight excluding hydrogens is 252 g/mol. The van der Waals surface area contributed by atoms with E-state index in [1.54, 1.807) is 12.3 Å². The molecule has 0 saturated carbocycles. The first kappa shape index (κ1) is 12.9. The second-order valence-corrected chi connectivity index (χ2v) is 5.25.